The highest BCUT2D eigenvalue weighted by Gasteiger charge is 2.38. The van der Waals surface area contributed by atoms with E-state index in [2.05, 4.69) is 5.32 Å². The highest BCUT2D eigenvalue weighted by atomic mass is 19.4. The molecule has 0 aromatic rings. The number of fused-ring (bicyclic) bond motifs is 1. The van der Waals surface area contributed by atoms with E-state index in [4.69, 9.17) is 0 Å². The lowest BCUT2D eigenvalue weighted by Gasteiger charge is -2.40. The van der Waals surface area contributed by atoms with Gasteiger partial charge in [0, 0.05) is 13.1 Å². The molecule has 19 heavy (non-hydrogen) atoms. The van der Waals surface area contributed by atoms with Crippen molar-refractivity contribution in [2.75, 3.05) is 13.6 Å². The minimum Gasteiger partial charge on any atom is -0.335 e. The fraction of sp³-hybridized carbons (Fsp3) is 0.923. The summed E-state index contributed by atoms with van der Waals surface area (Å²) < 4.78 is 36.9. The molecule has 1 N–H and O–H groups in total. The molecule has 2 fully saturated rings. The summed E-state index contributed by atoms with van der Waals surface area (Å²) in [6, 6.07) is -0.123. The Hall–Kier alpha value is -0.780. The van der Waals surface area contributed by atoms with Gasteiger partial charge >= 0.3 is 6.18 Å². The number of likely N-dealkylation sites (N-methyl/N-ethyl adjacent to an activating group) is 1. The Balaban J connectivity index is 1.89. The number of nitrogens with one attached hydrogen (secondary N) is 1. The zero-order chi connectivity index (χ0) is 14.0. The minimum absolute atomic E-state index is 0.315. The van der Waals surface area contributed by atoms with Gasteiger partial charge in [0.2, 0.25) is 5.91 Å². The van der Waals surface area contributed by atoms with Gasteiger partial charge in [-0.05, 0) is 31.6 Å². The topological polar surface area (TPSA) is 32.3 Å². The fourth-order valence-corrected chi connectivity index (χ4v) is 3.30. The lowest BCUT2D eigenvalue weighted by atomic mass is 9.77. The van der Waals surface area contributed by atoms with E-state index < -0.39 is 24.7 Å². The van der Waals surface area contributed by atoms with Gasteiger partial charge in [-0.3, -0.25) is 4.79 Å². The summed E-state index contributed by atoms with van der Waals surface area (Å²) >= 11 is 0. The predicted molar refractivity (Wildman–Crippen MR) is 65.6 cm³/mol. The van der Waals surface area contributed by atoms with Crippen molar-refractivity contribution in [3.8, 4) is 0 Å². The van der Waals surface area contributed by atoms with Gasteiger partial charge in [-0.2, -0.15) is 13.2 Å². The lowest BCUT2D eigenvalue weighted by Crippen LogP contribution is -2.56. The Labute approximate surface area is 111 Å². The molecule has 3 unspecified atom stereocenters. The molecule has 1 aliphatic heterocycles. The summed E-state index contributed by atoms with van der Waals surface area (Å²) in [5.41, 5.74) is 0. The Bertz CT molecular complexity index is 332. The van der Waals surface area contributed by atoms with Crippen LogP contribution in [0.25, 0.3) is 0 Å². The number of rotatable bonds is 2. The number of alkyl halides is 3. The minimum atomic E-state index is -4.33. The van der Waals surface area contributed by atoms with Crippen molar-refractivity contribution in [2.45, 2.75) is 56.8 Å². The average Bonchev–Trinajstić information content (AvgIpc) is 2.35. The smallest absolute Gasteiger partial charge is 0.335 e. The number of piperidine rings is 1. The van der Waals surface area contributed by atoms with Crippen molar-refractivity contribution >= 4 is 5.91 Å². The molecule has 1 amide bonds. The molecule has 1 heterocycles. The monoisotopic (exact) mass is 278 g/mol. The molecule has 2 aliphatic rings. The maximum Gasteiger partial charge on any atom is 0.406 e. The van der Waals surface area contributed by atoms with Gasteiger partial charge in [0.1, 0.15) is 6.54 Å². The zero-order valence-electron chi connectivity index (χ0n) is 11.2. The van der Waals surface area contributed by atoms with E-state index in [1.165, 1.54) is 19.9 Å². The van der Waals surface area contributed by atoms with Crippen LogP contribution < -0.4 is 5.32 Å². The number of amides is 1. The number of carbonyl (C=O) groups excluding carboxylic acids is 1. The quantitative estimate of drug-likeness (QED) is 0.840. The highest BCUT2D eigenvalue weighted by molar-refractivity contribution is 5.81. The number of carbonyl (C=O) groups is 1. The zero-order valence-corrected chi connectivity index (χ0v) is 11.2. The van der Waals surface area contributed by atoms with Gasteiger partial charge in [0.15, 0.2) is 0 Å². The first-order chi connectivity index (χ1) is 8.87. The molecule has 1 saturated heterocycles. The van der Waals surface area contributed by atoms with E-state index in [1.54, 1.807) is 0 Å². The second-order valence-electron chi connectivity index (χ2n) is 5.76. The molecule has 110 valence electrons. The molecule has 0 aromatic carbocycles. The van der Waals surface area contributed by atoms with Crippen LogP contribution in [0.3, 0.4) is 0 Å². The summed E-state index contributed by atoms with van der Waals surface area (Å²) in [6.45, 7) is -1.17. The summed E-state index contributed by atoms with van der Waals surface area (Å²) in [4.78, 5) is 12.8. The van der Waals surface area contributed by atoms with Crippen LogP contribution in [0.1, 0.15) is 38.5 Å². The average molecular weight is 278 g/mol. The summed E-state index contributed by atoms with van der Waals surface area (Å²) in [7, 11) is 1.23. The summed E-state index contributed by atoms with van der Waals surface area (Å²) in [6.07, 6.45) is 1.87. The van der Waals surface area contributed by atoms with E-state index in [9.17, 15) is 18.0 Å². The molecule has 3 atom stereocenters. The number of hydrogen-bond donors (Lipinski definition) is 1. The highest BCUT2D eigenvalue weighted by Crippen LogP contribution is 2.32. The predicted octanol–water partition coefficient (Wildman–Crippen LogP) is 2.32. The third-order valence-electron chi connectivity index (χ3n) is 4.24. The van der Waals surface area contributed by atoms with Crippen LogP contribution in [0.5, 0.6) is 0 Å². The van der Waals surface area contributed by atoms with E-state index in [0.717, 1.165) is 24.2 Å². The van der Waals surface area contributed by atoms with Gasteiger partial charge in [-0.15, -0.1) is 0 Å². The van der Waals surface area contributed by atoms with Gasteiger partial charge in [-0.25, -0.2) is 0 Å². The van der Waals surface area contributed by atoms with E-state index in [1.807, 2.05) is 0 Å². The molecule has 0 spiro atoms. The van der Waals surface area contributed by atoms with Crippen LogP contribution in [-0.4, -0.2) is 42.7 Å². The van der Waals surface area contributed by atoms with Crippen LogP contribution >= 0.6 is 0 Å². The van der Waals surface area contributed by atoms with Crippen molar-refractivity contribution in [3.05, 3.63) is 0 Å². The number of halogens is 3. The van der Waals surface area contributed by atoms with E-state index >= 15 is 0 Å². The first-order valence-corrected chi connectivity index (χ1v) is 6.94. The SMILES string of the molecule is CN(CC(F)(F)F)C(=O)C1CCC2CCCCC2N1. The largest absolute Gasteiger partial charge is 0.406 e. The second-order valence-corrected chi connectivity index (χ2v) is 5.76. The van der Waals surface area contributed by atoms with Gasteiger partial charge in [-0.1, -0.05) is 12.8 Å². The van der Waals surface area contributed by atoms with Gasteiger partial charge in [0.25, 0.3) is 0 Å². The number of hydrogen-bond acceptors (Lipinski definition) is 2. The third kappa shape index (κ3) is 3.84. The normalized spacial score (nSPS) is 31.7. The second kappa shape index (κ2) is 5.69. The van der Waals surface area contributed by atoms with E-state index in [-0.39, 0.29) is 0 Å². The molecule has 2 rings (SSSR count). The van der Waals surface area contributed by atoms with Crippen LogP contribution in [0, 0.1) is 5.92 Å². The Morgan fingerprint density at radius 3 is 2.58 bits per heavy atom. The number of nitrogens with zero attached hydrogens (tertiary/aromatic N) is 1. The molecule has 0 aromatic heterocycles. The first kappa shape index (κ1) is 14.6. The van der Waals surface area contributed by atoms with Crippen molar-refractivity contribution in [3.63, 3.8) is 0 Å². The van der Waals surface area contributed by atoms with Crippen LogP contribution in [0.2, 0.25) is 0 Å². The van der Waals surface area contributed by atoms with Crippen molar-refractivity contribution in [1.82, 2.24) is 10.2 Å². The molecule has 0 bridgehead atoms. The molecule has 0 radical (unpaired) electrons. The third-order valence-corrected chi connectivity index (χ3v) is 4.24. The van der Waals surface area contributed by atoms with Gasteiger partial charge in [0.05, 0.1) is 6.04 Å². The van der Waals surface area contributed by atoms with Crippen molar-refractivity contribution in [1.29, 1.82) is 0 Å². The Morgan fingerprint density at radius 1 is 1.21 bits per heavy atom. The van der Waals surface area contributed by atoms with Crippen molar-refractivity contribution in [2.24, 2.45) is 5.92 Å². The van der Waals surface area contributed by atoms with Gasteiger partial charge < -0.3 is 10.2 Å². The summed E-state index contributed by atoms with van der Waals surface area (Å²) in [5, 5.41) is 3.26. The van der Waals surface area contributed by atoms with Crippen LogP contribution in [0.4, 0.5) is 13.2 Å². The van der Waals surface area contributed by atoms with Crippen LogP contribution in [0.15, 0.2) is 0 Å². The van der Waals surface area contributed by atoms with Crippen molar-refractivity contribution < 1.29 is 18.0 Å². The molecular formula is C13H21F3N2O. The molecular weight excluding hydrogens is 257 g/mol. The lowest BCUT2D eigenvalue weighted by molar-refractivity contribution is -0.160. The van der Waals surface area contributed by atoms with E-state index in [0.29, 0.717) is 18.4 Å². The maximum absolute atomic E-state index is 12.3. The van der Waals surface area contributed by atoms with Crippen LogP contribution in [-0.2, 0) is 4.79 Å². The standard InChI is InChI=1S/C13H21F3N2O/c1-18(8-13(14,15)16)12(19)11-7-6-9-4-2-3-5-10(9)17-11/h9-11,17H,2-8H2,1H3. The molecule has 6 heteroatoms. The molecule has 1 saturated carbocycles. The molecule has 3 nitrogen and oxygen atoms in total. The molecule has 1 aliphatic carbocycles. The first-order valence-electron chi connectivity index (χ1n) is 6.94. The Kier molecular flexibility index (Phi) is 4.38. The summed E-state index contributed by atoms with van der Waals surface area (Å²) in [5.74, 6) is 0.173. The fourth-order valence-electron chi connectivity index (χ4n) is 3.30. The Morgan fingerprint density at radius 2 is 1.89 bits per heavy atom. The maximum atomic E-state index is 12.3.